The van der Waals surface area contributed by atoms with E-state index in [2.05, 4.69) is 10.3 Å². The van der Waals surface area contributed by atoms with Crippen LogP contribution in [0.1, 0.15) is 16.9 Å². The van der Waals surface area contributed by atoms with E-state index in [4.69, 9.17) is 0 Å². The molecule has 1 aromatic rings. The predicted octanol–water partition coefficient (Wildman–Crippen LogP) is -0.628. The van der Waals surface area contributed by atoms with Crippen molar-refractivity contribution < 1.29 is 13.2 Å². The molecule has 0 aromatic carbocycles. The highest BCUT2D eigenvalue weighted by Gasteiger charge is 2.28. The summed E-state index contributed by atoms with van der Waals surface area (Å²) in [6, 6.07) is 0. The lowest BCUT2D eigenvalue weighted by Gasteiger charge is -2.12. The van der Waals surface area contributed by atoms with Gasteiger partial charge in [-0.1, -0.05) is 5.21 Å². The summed E-state index contributed by atoms with van der Waals surface area (Å²) >= 11 is 0. The molecule has 2 rings (SSSR count). The molecule has 1 unspecified atom stereocenters. The van der Waals surface area contributed by atoms with Gasteiger partial charge in [0, 0.05) is 19.6 Å². The van der Waals surface area contributed by atoms with Crippen LogP contribution in [0.5, 0.6) is 0 Å². The second-order valence-electron chi connectivity index (χ2n) is 4.26. The lowest BCUT2D eigenvalue weighted by atomic mass is 10.1. The number of hydrogen-bond donors (Lipinski definition) is 0. The zero-order chi connectivity index (χ0) is 12.5. The van der Waals surface area contributed by atoms with Crippen LogP contribution < -0.4 is 0 Å². The molecule has 2 heterocycles. The predicted molar refractivity (Wildman–Crippen MR) is 59.9 cm³/mol. The molecule has 7 nitrogen and oxygen atoms in total. The van der Waals surface area contributed by atoms with Crippen LogP contribution >= 0.6 is 0 Å². The first-order valence-electron chi connectivity index (χ1n) is 5.29. The van der Waals surface area contributed by atoms with Gasteiger partial charge in [0.2, 0.25) is 10.0 Å². The van der Waals surface area contributed by atoms with Gasteiger partial charge in [-0.15, -0.1) is 5.10 Å². The number of sulfonamides is 1. The first-order valence-corrected chi connectivity index (χ1v) is 7.14. The summed E-state index contributed by atoms with van der Waals surface area (Å²) in [5.41, 5.74) is 0.294. The normalized spacial score (nSPS) is 21.8. The van der Waals surface area contributed by atoms with E-state index in [1.54, 1.807) is 10.9 Å². The zero-order valence-corrected chi connectivity index (χ0v) is 10.3. The number of carbonyl (C=O) groups is 1. The summed E-state index contributed by atoms with van der Waals surface area (Å²) in [7, 11) is -3.10. The quantitative estimate of drug-likeness (QED) is 0.671. The van der Waals surface area contributed by atoms with Gasteiger partial charge in [-0.25, -0.2) is 12.7 Å². The van der Waals surface area contributed by atoms with Crippen molar-refractivity contribution in [2.75, 3.05) is 19.3 Å². The van der Waals surface area contributed by atoms with Crippen LogP contribution in [0.15, 0.2) is 6.20 Å². The summed E-state index contributed by atoms with van der Waals surface area (Å²) in [6.07, 6.45) is 4.23. The highest BCUT2D eigenvalue weighted by Crippen LogP contribution is 2.19. The first kappa shape index (κ1) is 12.2. The molecule has 0 spiro atoms. The Balaban J connectivity index is 1.96. The molecule has 0 saturated carbocycles. The number of aromatic nitrogens is 3. The molecule has 0 aliphatic carbocycles. The van der Waals surface area contributed by atoms with Crippen LogP contribution in [0.4, 0.5) is 0 Å². The van der Waals surface area contributed by atoms with Gasteiger partial charge in [-0.3, -0.25) is 9.48 Å². The highest BCUT2D eigenvalue weighted by molar-refractivity contribution is 7.88. The minimum atomic E-state index is -3.10. The van der Waals surface area contributed by atoms with Crippen LogP contribution in [0.25, 0.3) is 0 Å². The fraction of sp³-hybridized carbons (Fsp3) is 0.667. The van der Waals surface area contributed by atoms with E-state index < -0.39 is 10.0 Å². The molecule has 8 heteroatoms. The number of rotatable bonds is 4. The van der Waals surface area contributed by atoms with Crippen molar-refractivity contribution >= 4 is 16.3 Å². The SMILES string of the molecule is CS(=O)(=O)N1CCC(Cn2cc(C=O)nn2)C1. The average molecular weight is 258 g/mol. The Labute approximate surface area is 99.5 Å². The van der Waals surface area contributed by atoms with Crippen LogP contribution in [0.3, 0.4) is 0 Å². The third kappa shape index (κ3) is 2.89. The summed E-state index contributed by atoms with van der Waals surface area (Å²) in [5, 5.41) is 7.46. The molecule has 94 valence electrons. The summed E-state index contributed by atoms with van der Waals surface area (Å²) in [4.78, 5) is 10.4. The van der Waals surface area contributed by atoms with Crippen molar-refractivity contribution in [2.24, 2.45) is 5.92 Å². The molecule has 1 aliphatic heterocycles. The topological polar surface area (TPSA) is 85.2 Å². The fourth-order valence-corrected chi connectivity index (χ4v) is 2.89. The summed E-state index contributed by atoms with van der Waals surface area (Å²) < 4.78 is 25.7. The molecular formula is C9H14N4O3S. The Bertz CT molecular complexity index is 510. The lowest BCUT2D eigenvalue weighted by molar-refractivity contribution is 0.111. The molecular weight excluding hydrogens is 244 g/mol. The van der Waals surface area contributed by atoms with Gasteiger partial charge in [-0.05, 0) is 12.3 Å². The second-order valence-corrected chi connectivity index (χ2v) is 6.24. The Hall–Kier alpha value is -1.28. The van der Waals surface area contributed by atoms with E-state index in [0.717, 1.165) is 6.42 Å². The van der Waals surface area contributed by atoms with E-state index in [1.807, 2.05) is 0 Å². The maximum absolute atomic E-state index is 11.3. The van der Waals surface area contributed by atoms with E-state index in [0.29, 0.717) is 31.6 Å². The van der Waals surface area contributed by atoms with Gasteiger partial charge in [0.1, 0.15) is 5.69 Å². The van der Waals surface area contributed by atoms with E-state index >= 15 is 0 Å². The minimum absolute atomic E-state index is 0.228. The van der Waals surface area contributed by atoms with Gasteiger partial charge < -0.3 is 0 Å². The molecule has 1 fully saturated rings. The van der Waals surface area contributed by atoms with Crippen molar-refractivity contribution in [1.82, 2.24) is 19.3 Å². The number of hydrogen-bond acceptors (Lipinski definition) is 5. The van der Waals surface area contributed by atoms with Crippen molar-refractivity contribution in [2.45, 2.75) is 13.0 Å². The summed E-state index contributed by atoms with van der Waals surface area (Å²) in [6.45, 7) is 1.65. The molecule has 1 aliphatic rings. The fourth-order valence-electron chi connectivity index (χ4n) is 1.97. The van der Waals surface area contributed by atoms with Crippen LogP contribution in [-0.4, -0.2) is 53.3 Å². The van der Waals surface area contributed by atoms with E-state index in [9.17, 15) is 13.2 Å². The van der Waals surface area contributed by atoms with Gasteiger partial charge in [-0.2, -0.15) is 0 Å². The minimum Gasteiger partial charge on any atom is -0.296 e. The maximum atomic E-state index is 11.3. The largest absolute Gasteiger partial charge is 0.296 e. The molecule has 0 N–H and O–H groups in total. The molecule has 0 amide bonds. The van der Waals surface area contributed by atoms with Gasteiger partial charge in [0.25, 0.3) is 0 Å². The van der Waals surface area contributed by atoms with Crippen LogP contribution in [-0.2, 0) is 16.6 Å². The van der Waals surface area contributed by atoms with Crippen molar-refractivity contribution in [3.05, 3.63) is 11.9 Å². The van der Waals surface area contributed by atoms with Crippen LogP contribution in [0, 0.1) is 5.92 Å². The third-order valence-corrected chi connectivity index (χ3v) is 4.11. The third-order valence-electron chi connectivity index (χ3n) is 2.84. The molecule has 0 bridgehead atoms. The van der Waals surface area contributed by atoms with Crippen molar-refractivity contribution in [1.29, 1.82) is 0 Å². The Morgan fingerprint density at radius 1 is 1.59 bits per heavy atom. The number of carbonyl (C=O) groups excluding carboxylic acids is 1. The van der Waals surface area contributed by atoms with E-state index in [-0.39, 0.29) is 5.92 Å². The number of aldehydes is 1. The Kier molecular flexibility index (Phi) is 3.25. The Morgan fingerprint density at radius 2 is 2.35 bits per heavy atom. The smallest absolute Gasteiger partial charge is 0.211 e. The first-order chi connectivity index (χ1) is 7.99. The van der Waals surface area contributed by atoms with Crippen molar-refractivity contribution in [3.8, 4) is 0 Å². The summed E-state index contributed by atoms with van der Waals surface area (Å²) in [5.74, 6) is 0.228. The average Bonchev–Trinajstić information content (AvgIpc) is 2.86. The van der Waals surface area contributed by atoms with Gasteiger partial charge in [0.15, 0.2) is 6.29 Å². The van der Waals surface area contributed by atoms with Gasteiger partial charge >= 0.3 is 0 Å². The maximum Gasteiger partial charge on any atom is 0.211 e. The monoisotopic (exact) mass is 258 g/mol. The van der Waals surface area contributed by atoms with Crippen LogP contribution in [0.2, 0.25) is 0 Å². The standard InChI is InChI=1S/C9H14N4O3S/c1-17(15,16)13-3-2-8(5-13)4-12-6-9(7-14)10-11-12/h6-8H,2-5H2,1H3. The van der Waals surface area contributed by atoms with Crippen molar-refractivity contribution in [3.63, 3.8) is 0 Å². The Morgan fingerprint density at radius 3 is 2.88 bits per heavy atom. The zero-order valence-electron chi connectivity index (χ0n) is 9.48. The van der Waals surface area contributed by atoms with E-state index in [1.165, 1.54) is 10.6 Å². The molecule has 1 saturated heterocycles. The molecule has 1 aromatic heterocycles. The molecule has 0 radical (unpaired) electrons. The molecule has 17 heavy (non-hydrogen) atoms. The molecule has 1 atom stereocenters. The second kappa shape index (κ2) is 4.53. The highest BCUT2D eigenvalue weighted by atomic mass is 32.2. The lowest BCUT2D eigenvalue weighted by Crippen LogP contribution is -2.28. The number of nitrogens with zero attached hydrogens (tertiary/aromatic N) is 4. The van der Waals surface area contributed by atoms with Gasteiger partial charge in [0.05, 0.1) is 12.5 Å².